The first kappa shape index (κ1) is 12.8. The molecule has 94 valence electrons. The number of halogens is 1. The van der Waals surface area contributed by atoms with Crippen LogP contribution in [0.3, 0.4) is 0 Å². The van der Waals surface area contributed by atoms with Gasteiger partial charge in [0.1, 0.15) is 9.52 Å². The minimum atomic E-state index is -0.0563. The number of aliphatic hydroxyl groups excluding tert-OH is 1. The van der Waals surface area contributed by atoms with Gasteiger partial charge in [-0.3, -0.25) is 0 Å². The normalized spacial score (nSPS) is 20.4. The Labute approximate surface area is 113 Å². The van der Waals surface area contributed by atoms with Crippen LogP contribution < -0.4 is 9.64 Å². The molecular weight excluding hydrogens is 337 g/mol. The van der Waals surface area contributed by atoms with E-state index in [1.807, 2.05) is 11.0 Å². The maximum atomic E-state index is 9.32. The van der Waals surface area contributed by atoms with Gasteiger partial charge in [-0.1, -0.05) is 0 Å². The van der Waals surface area contributed by atoms with Crippen LogP contribution in [-0.4, -0.2) is 54.6 Å². The molecule has 7 heteroatoms. The molecule has 0 spiro atoms. The lowest BCUT2D eigenvalue weighted by molar-refractivity contribution is 0.0722. The molecule has 0 aromatic carbocycles. The lowest BCUT2D eigenvalue weighted by Gasteiger charge is -2.35. The molecule has 1 aromatic heterocycles. The van der Waals surface area contributed by atoms with Crippen molar-refractivity contribution >= 4 is 28.4 Å². The SMILES string of the molecule is COc1nc(I)cc(N2CCOC[C@@H]2CO)n1. The summed E-state index contributed by atoms with van der Waals surface area (Å²) in [5, 5.41) is 9.32. The molecule has 1 fully saturated rings. The number of rotatable bonds is 3. The minimum Gasteiger partial charge on any atom is -0.467 e. The van der Waals surface area contributed by atoms with Crippen molar-refractivity contribution in [3.63, 3.8) is 0 Å². The third-order valence-electron chi connectivity index (χ3n) is 2.58. The second kappa shape index (κ2) is 5.78. The number of hydrogen-bond donors (Lipinski definition) is 1. The first-order valence-corrected chi connectivity index (χ1v) is 6.36. The summed E-state index contributed by atoms with van der Waals surface area (Å²) in [7, 11) is 1.54. The fourth-order valence-corrected chi connectivity index (χ4v) is 2.22. The number of morpholine rings is 1. The third-order valence-corrected chi connectivity index (χ3v) is 3.13. The van der Waals surface area contributed by atoms with Crippen molar-refractivity contribution in [2.75, 3.05) is 38.4 Å². The molecule has 0 unspecified atom stereocenters. The Balaban J connectivity index is 2.27. The zero-order valence-electron chi connectivity index (χ0n) is 9.47. The third kappa shape index (κ3) is 2.96. The van der Waals surface area contributed by atoms with Gasteiger partial charge < -0.3 is 19.5 Å². The quantitative estimate of drug-likeness (QED) is 0.624. The molecular formula is C10H14IN3O3. The van der Waals surface area contributed by atoms with Gasteiger partial charge in [0.05, 0.1) is 33.0 Å². The number of nitrogens with zero attached hydrogens (tertiary/aromatic N) is 3. The summed E-state index contributed by atoms with van der Waals surface area (Å²) in [5.74, 6) is 0.767. The predicted octanol–water partition coefficient (Wildman–Crippen LogP) is 0.287. The number of ether oxygens (including phenoxy) is 2. The summed E-state index contributed by atoms with van der Waals surface area (Å²) >= 11 is 2.12. The first-order chi connectivity index (χ1) is 8.24. The van der Waals surface area contributed by atoms with Crippen LogP contribution in [0, 0.1) is 3.70 Å². The summed E-state index contributed by atoms with van der Waals surface area (Å²) in [6, 6.07) is 2.16. The van der Waals surface area contributed by atoms with Crippen molar-refractivity contribution in [3.8, 4) is 6.01 Å². The Morgan fingerprint density at radius 2 is 2.47 bits per heavy atom. The molecule has 1 saturated heterocycles. The van der Waals surface area contributed by atoms with Crippen molar-refractivity contribution in [3.05, 3.63) is 9.77 Å². The van der Waals surface area contributed by atoms with Gasteiger partial charge in [0, 0.05) is 12.6 Å². The number of anilines is 1. The lowest BCUT2D eigenvalue weighted by Crippen LogP contribution is -2.48. The summed E-state index contributed by atoms with van der Waals surface area (Å²) in [5.41, 5.74) is 0. The van der Waals surface area contributed by atoms with Crippen LogP contribution in [0.2, 0.25) is 0 Å². The zero-order chi connectivity index (χ0) is 12.3. The van der Waals surface area contributed by atoms with Gasteiger partial charge >= 0.3 is 6.01 Å². The topological polar surface area (TPSA) is 67.7 Å². The molecule has 1 aliphatic heterocycles. The highest BCUT2D eigenvalue weighted by Crippen LogP contribution is 2.21. The lowest BCUT2D eigenvalue weighted by atomic mass is 10.2. The Bertz CT molecular complexity index is 391. The van der Waals surface area contributed by atoms with Gasteiger partial charge in [-0.05, 0) is 22.6 Å². The zero-order valence-corrected chi connectivity index (χ0v) is 11.6. The van der Waals surface area contributed by atoms with Gasteiger partial charge in [0.2, 0.25) is 0 Å². The molecule has 1 aliphatic rings. The van der Waals surface area contributed by atoms with Gasteiger partial charge in [-0.15, -0.1) is 0 Å². The van der Waals surface area contributed by atoms with Crippen molar-refractivity contribution in [2.24, 2.45) is 0 Å². The van der Waals surface area contributed by atoms with Gasteiger partial charge in [-0.2, -0.15) is 9.97 Å². The standard InChI is InChI=1S/C10H14IN3O3/c1-16-10-12-8(11)4-9(13-10)14-2-3-17-6-7(14)5-15/h4,7,15H,2-3,5-6H2,1H3/t7-/m0/s1. The molecule has 1 aromatic rings. The second-order valence-electron chi connectivity index (χ2n) is 3.64. The molecule has 1 atom stereocenters. The minimum absolute atomic E-state index is 0.0445. The van der Waals surface area contributed by atoms with E-state index in [0.29, 0.717) is 25.8 Å². The van der Waals surface area contributed by atoms with Crippen LogP contribution in [0.5, 0.6) is 6.01 Å². The van der Waals surface area contributed by atoms with Crippen molar-refractivity contribution in [1.82, 2.24) is 9.97 Å². The molecule has 17 heavy (non-hydrogen) atoms. The van der Waals surface area contributed by atoms with E-state index in [1.165, 1.54) is 7.11 Å². The summed E-state index contributed by atoms with van der Waals surface area (Å²) in [6.07, 6.45) is 0. The largest absolute Gasteiger partial charge is 0.467 e. The fourth-order valence-electron chi connectivity index (χ4n) is 1.73. The summed E-state index contributed by atoms with van der Waals surface area (Å²) < 4.78 is 11.2. The molecule has 2 rings (SSSR count). The van der Waals surface area contributed by atoms with Crippen LogP contribution in [0.15, 0.2) is 6.07 Å². The first-order valence-electron chi connectivity index (χ1n) is 5.28. The van der Waals surface area contributed by atoms with Crippen LogP contribution in [-0.2, 0) is 4.74 Å². The average Bonchev–Trinajstić information content (AvgIpc) is 2.37. The van der Waals surface area contributed by atoms with E-state index in [0.717, 1.165) is 9.52 Å². The number of methoxy groups -OCH3 is 1. The predicted molar refractivity (Wildman–Crippen MR) is 70.3 cm³/mol. The highest BCUT2D eigenvalue weighted by Gasteiger charge is 2.24. The molecule has 0 radical (unpaired) electrons. The molecule has 0 bridgehead atoms. The Morgan fingerprint density at radius 3 is 3.18 bits per heavy atom. The van der Waals surface area contributed by atoms with Crippen molar-refractivity contribution in [2.45, 2.75) is 6.04 Å². The van der Waals surface area contributed by atoms with E-state index < -0.39 is 0 Å². The monoisotopic (exact) mass is 351 g/mol. The number of hydrogen-bond acceptors (Lipinski definition) is 6. The summed E-state index contributed by atoms with van der Waals surface area (Å²) in [4.78, 5) is 10.4. The number of aromatic nitrogens is 2. The van der Waals surface area contributed by atoms with Crippen LogP contribution in [0.1, 0.15) is 0 Å². The van der Waals surface area contributed by atoms with Gasteiger partial charge in [0.15, 0.2) is 0 Å². The van der Waals surface area contributed by atoms with E-state index in [2.05, 4.69) is 32.6 Å². The van der Waals surface area contributed by atoms with Crippen molar-refractivity contribution < 1.29 is 14.6 Å². The smallest absolute Gasteiger partial charge is 0.319 e. The Morgan fingerprint density at radius 1 is 1.65 bits per heavy atom. The molecule has 6 nitrogen and oxygen atoms in total. The van der Waals surface area contributed by atoms with E-state index in [4.69, 9.17) is 9.47 Å². The van der Waals surface area contributed by atoms with Gasteiger partial charge in [0.25, 0.3) is 0 Å². The Hall–Kier alpha value is -0.670. The Kier molecular flexibility index (Phi) is 4.35. The van der Waals surface area contributed by atoms with Crippen LogP contribution in [0.4, 0.5) is 5.82 Å². The molecule has 1 N–H and O–H groups in total. The van der Waals surface area contributed by atoms with E-state index in [9.17, 15) is 5.11 Å². The van der Waals surface area contributed by atoms with Crippen LogP contribution >= 0.6 is 22.6 Å². The van der Waals surface area contributed by atoms with Crippen LogP contribution in [0.25, 0.3) is 0 Å². The van der Waals surface area contributed by atoms with Crippen molar-refractivity contribution in [1.29, 1.82) is 0 Å². The summed E-state index contributed by atoms with van der Waals surface area (Å²) in [6.45, 7) is 1.91. The molecule has 0 amide bonds. The average molecular weight is 351 g/mol. The van der Waals surface area contributed by atoms with E-state index >= 15 is 0 Å². The number of aliphatic hydroxyl groups is 1. The molecule has 0 saturated carbocycles. The molecule has 2 heterocycles. The maximum absolute atomic E-state index is 9.32. The molecule has 0 aliphatic carbocycles. The highest BCUT2D eigenvalue weighted by molar-refractivity contribution is 14.1. The van der Waals surface area contributed by atoms with Gasteiger partial charge in [-0.25, -0.2) is 0 Å². The van der Waals surface area contributed by atoms with E-state index in [-0.39, 0.29) is 12.6 Å². The second-order valence-corrected chi connectivity index (χ2v) is 4.75. The maximum Gasteiger partial charge on any atom is 0.319 e. The highest BCUT2D eigenvalue weighted by atomic mass is 127. The van der Waals surface area contributed by atoms with E-state index in [1.54, 1.807) is 0 Å². The fraction of sp³-hybridized carbons (Fsp3) is 0.600.